The van der Waals surface area contributed by atoms with Crippen molar-refractivity contribution in [1.29, 1.82) is 0 Å². The Kier molecular flexibility index (Phi) is 7.17. The highest BCUT2D eigenvalue weighted by atomic mass is 35.5. The molecule has 0 spiro atoms. The number of ketones is 1. The lowest BCUT2D eigenvalue weighted by molar-refractivity contribution is -0.136. The van der Waals surface area contributed by atoms with E-state index in [2.05, 4.69) is 0 Å². The van der Waals surface area contributed by atoms with Crippen molar-refractivity contribution in [2.45, 2.75) is 20.4 Å². The topological polar surface area (TPSA) is 113 Å². The predicted molar refractivity (Wildman–Crippen MR) is 111 cm³/mol. The number of esters is 1. The SMILES string of the molecule is CC(C)Cn1c(N)c(C(=O)COC(=O)/C=C/c2ccc(Cl)cc2)c(=O)n(C)c1=O. The molecule has 0 saturated heterocycles. The van der Waals surface area contributed by atoms with Crippen molar-refractivity contribution in [3.8, 4) is 0 Å². The van der Waals surface area contributed by atoms with Crippen LogP contribution in [0.5, 0.6) is 0 Å². The Morgan fingerprint density at radius 2 is 1.83 bits per heavy atom. The molecule has 1 heterocycles. The van der Waals surface area contributed by atoms with Crippen LogP contribution in [0.1, 0.15) is 29.8 Å². The first-order valence-corrected chi connectivity index (χ1v) is 9.22. The van der Waals surface area contributed by atoms with Gasteiger partial charge in [0.15, 0.2) is 6.61 Å². The standard InChI is InChI=1S/C20H22ClN3O5/c1-12(2)10-24-18(22)17(19(27)23(3)20(24)28)15(25)11-29-16(26)9-6-13-4-7-14(21)8-5-13/h4-9,12H,10-11,22H2,1-3H3/b9-6+. The molecule has 1 aromatic heterocycles. The molecule has 0 aliphatic rings. The Balaban J connectivity index is 2.17. The molecule has 0 bridgehead atoms. The summed E-state index contributed by atoms with van der Waals surface area (Å²) in [5.74, 6) is -1.72. The Labute approximate surface area is 172 Å². The van der Waals surface area contributed by atoms with E-state index in [0.717, 1.165) is 16.2 Å². The minimum Gasteiger partial charge on any atom is -0.454 e. The fourth-order valence-corrected chi connectivity index (χ4v) is 2.71. The normalized spacial score (nSPS) is 11.2. The summed E-state index contributed by atoms with van der Waals surface area (Å²) in [7, 11) is 1.26. The highest BCUT2D eigenvalue weighted by Gasteiger charge is 2.22. The second kappa shape index (κ2) is 9.38. The number of anilines is 1. The number of nitrogen functional groups attached to an aromatic ring is 1. The van der Waals surface area contributed by atoms with Crippen LogP contribution in [0.4, 0.5) is 5.82 Å². The molecule has 29 heavy (non-hydrogen) atoms. The van der Waals surface area contributed by atoms with Gasteiger partial charge in [0.25, 0.3) is 5.56 Å². The van der Waals surface area contributed by atoms with Gasteiger partial charge in [-0.05, 0) is 29.7 Å². The van der Waals surface area contributed by atoms with E-state index in [1.165, 1.54) is 17.7 Å². The Morgan fingerprint density at radius 3 is 2.41 bits per heavy atom. The molecule has 0 aliphatic heterocycles. The minimum atomic E-state index is -0.828. The minimum absolute atomic E-state index is 0.0614. The summed E-state index contributed by atoms with van der Waals surface area (Å²) < 4.78 is 6.89. The second-order valence-electron chi connectivity index (χ2n) is 6.83. The lowest BCUT2D eigenvalue weighted by Crippen LogP contribution is -2.43. The van der Waals surface area contributed by atoms with Gasteiger partial charge < -0.3 is 10.5 Å². The number of nitrogens with two attached hydrogens (primary N) is 1. The molecule has 0 unspecified atom stereocenters. The number of nitrogens with zero attached hydrogens (tertiary/aromatic N) is 2. The third kappa shape index (κ3) is 5.45. The maximum absolute atomic E-state index is 12.5. The third-order valence-corrected chi connectivity index (χ3v) is 4.29. The van der Waals surface area contributed by atoms with Gasteiger partial charge in [0.05, 0.1) is 0 Å². The average molecular weight is 420 g/mol. The zero-order valence-corrected chi connectivity index (χ0v) is 17.1. The maximum atomic E-state index is 12.5. The number of carbonyl (C=O) groups is 2. The molecule has 0 radical (unpaired) electrons. The van der Waals surface area contributed by atoms with Gasteiger partial charge in [0, 0.05) is 24.7 Å². The van der Waals surface area contributed by atoms with E-state index >= 15 is 0 Å². The first kappa shape index (κ1) is 22.2. The lowest BCUT2D eigenvalue weighted by atomic mass is 10.1. The van der Waals surface area contributed by atoms with Gasteiger partial charge in [0.1, 0.15) is 11.4 Å². The van der Waals surface area contributed by atoms with Crippen LogP contribution in [-0.2, 0) is 23.1 Å². The number of hydrogen-bond acceptors (Lipinski definition) is 6. The van der Waals surface area contributed by atoms with E-state index in [0.29, 0.717) is 5.02 Å². The Bertz CT molecular complexity index is 1070. The van der Waals surface area contributed by atoms with Gasteiger partial charge >= 0.3 is 11.7 Å². The number of benzene rings is 1. The van der Waals surface area contributed by atoms with Crippen LogP contribution in [0.3, 0.4) is 0 Å². The monoisotopic (exact) mass is 419 g/mol. The fourth-order valence-electron chi connectivity index (χ4n) is 2.58. The van der Waals surface area contributed by atoms with E-state index in [1.54, 1.807) is 24.3 Å². The van der Waals surface area contributed by atoms with E-state index in [4.69, 9.17) is 22.1 Å². The molecule has 0 aliphatic carbocycles. The van der Waals surface area contributed by atoms with Crippen molar-refractivity contribution in [3.63, 3.8) is 0 Å². The molecule has 8 nitrogen and oxygen atoms in total. The zero-order valence-electron chi connectivity index (χ0n) is 16.3. The largest absolute Gasteiger partial charge is 0.454 e. The molecule has 2 rings (SSSR count). The van der Waals surface area contributed by atoms with Crippen LogP contribution in [0.25, 0.3) is 6.08 Å². The van der Waals surface area contributed by atoms with Crippen LogP contribution < -0.4 is 17.0 Å². The molecule has 9 heteroatoms. The average Bonchev–Trinajstić information content (AvgIpc) is 2.67. The Hall–Kier alpha value is -3.13. The molecule has 0 saturated carbocycles. The van der Waals surface area contributed by atoms with E-state index in [1.807, 2.05) is 13.8 Å². The molecule has 1 aromatic carbocycles. The van der Waals surface area contributed by atoms with Gasteiger partial charge in [-0.3, -0.25) is 18.7 Å². The van der Waals surface area contributed by atoms with Gasteiger partial charge in [-0.2, -0.15) is 0 Å². The number of carbonyl (C=O) groups excluding carboxylic acids is 2. The molecule has 0 fully saturated rings. The Morgan fingerprint density at radius 1 is 1.21 bits per heavy atom. The fraction of sp³-hybridized carbons (Fsp3) is 0.300. The molecule has 0 atom stereocenters. The van der Waals surface area contributed by atoms with Crippen molar-refractivity contribution in [1.82, 2.24) is 9.13 Å². The number of Topliss-reactive ketones (excluding diaryl/α,β-unsaturated/α-hetero) is 1. The van der Waals surface area contributed by atoms with Crippen LogP contribution >= 0.6 is 11.6 Å². The summed E-state index contributed by atoms with van der Waals surface area (Å²) in [5, 5.41) is 0.563. The van der Waals surface area contributed by atoms with Gasteiger partial charge in [-0.1, -0.05) is 37.6 Å². The first-order chi connectivity index (χ1) is 13.6. The van der Waals surface area contributed by atoms with Crippen molar-refractivity contribution < 1.29 is 14.3 Å². The highest BCUT2D eigenvalue weighted by Crippen LogP contribution is 2.11. The van der Waals surface area contributed by atoms with Crippen molar-refractivity contribution >= 4 is 35.2 Å². The number of hydrogen-bond donors (Lipinski definition) is 1. The van der Waals surface area contributed by atoms with E-state index in [-0.39, 0.29) is 23.8 Å². The van der Waals surface area contributed by atoms with E-state index in [9.17, 15) is 19.2 Å². The predicted octanol–water partition coefficient (Wildman–Crippen LogP) is 1.88. The molecular weight excluding hydrogens is 398 g/mol. The van der Waals surface area contributed by atoms with E-state index < -0.39 is 29.6 Å². The number of halogens is 1. The number of aromatic nitrogens is 2. The highest BCUT2D eigenvalue weighted by molar-refractivity contribution is 6.30. The van der Waals surface area contributed by atoms with Crippen LogP contribution in [-0.4, -0.2) is 27.5 Å². The lowest BCUT2D eigenvalue weighted by Gasteiger charge is -2.16. The van der Waals surface area contributed by atoms with Gasteiger partial charge in [-0.15, -0.1) is 0 Å². The number of rotatable bonds is 7. The zero-order chi connectivity index (χ0) is 21.7. The van der Waals surface area contributed by atoms with Crippen LogP contribution in [0, 0.1) is 5.92 Å². The summed E-state index contributed by atoms with van der Waals surface area (Å²) in [6, 6.07) is 6.75. The van der Waals surface area contributed by atoms with Gasteiger partial charge in [0.2, 0.25) is 5.78 Å². The molecule has 154 valence electrons. The number of ether oxygens (including phenoxy) is 1. The first-order valence-electron chi connectivity index (χ1n) is 8.84. The third-order valence-electron chi connectivity index (χ3n) is 4.04. The summed E-state index contributed by atoms with van der Waals surface area (Å²) in [4.78, 5) is 49.0. The van der Waals surface area contributed by atoms with Crippen molar-refractivity contribution in [2.75, 3.05) is 12.3 Å². The van der Waals surface area contributed by atoms with Crippen molar-refractivity contribution in [3.05, 3.63) is 67.3 Å². The smallest absolute Gasteiger partial charge is 0.332 e. The van der Waals surface area contributed by atoms with Crippen molar-refractivity contribution in [2.24, 2.45) is 13.0 Å². The summed E-state index contributed by atoms with van der Waals surface area (Å²) >= 11 is 5.79. The summed E-state index contributed by atoms with van der Waals surface area (Å²) in [5.41, 5.74) is 4.83. The van der Waals surface area contributed by atoms with Crippen LogP contribution in [0.15, 0.2) is 39.9 Å². The molecule has 0 amide bonds. The quantitative estimate of drug-likeness (QED) is 0.416. The second-order valence-corrected chi connectivity index (χ2v) is 7.26. The summed E-state index contributed by atoms with van der Waals surface area (Å²) in [6.07, 6.45) is 2.65. The van der Waals surface area contributed by atoms with Crippen LogP contribution in [0.2, 0.25) is 5.02 Å². The maximum Gasteiger partial charge on any atom is 0.332 e. The molecular formula is C20H22ClN3O5. The summed E-state index contributed by atoms with van der Waals surface area (Å²) in [6.45, 7) is 3.30. The van der Waals surface area contributed by atoms with Gasteiger partial charge in [-0.25, -0.2) is 9.59 Å². The molecule has 2 aromatic rings. The molecule has 2 N–H and O–H groups in total.